The first-order valence-electron chi connectivity index (χ1n) is 6.75. The van der Waals surface area contributed by atoms with Gasteiger partial charge in [0, 0.05) is 24.3 Å². The van der Waals surface area contributed by atoms with Crippen LogP contribution in [0, 0.1) is 22.7 Å². The minimum atomic E-state index is 0.569. The summed E-state index contributed by atoms with van der Waals surface area (Å²) in [6, 6.07) is 4.42. The molecule has 2 heterocycles. The van der Waals surface area contributed by atoms with Crippen molar-refractivity contribution in [1.29, 1.82) is 10.5 Å². The molecule has 0 aliphatic carbocycles. The first kappa shape index (κ1) is 21.3. The Morgan fingerprint density at radius 2 is 1.08 bits per heavy atom. The van der Waals surface area contributed by atoms with E-state index in [-0.39, 0.29) is 0 Å². The topological polar surface area (TPSA) is 47.6 Å². The maximum absolute atomic E-state index is 8.76. The van der Waals surface area contributed by atoms with Crippen LogP contribution in [0.5, 0.6) is 0 Å². The van der Waals surface area contributed by atoms with Crippen LogP contribution >= 0.6 is 94.1 Å². The Morgan fingerprint density at radius 3 is 1.42 bits per heavy atom. The average Bonchev–Trinajstić information content (AvgIpc) is 3.19. The lowest BCUT2D eigenvalue weighted by molar-refractivity contribution is 1.24. The molecule has 0 atom stereocenters. The van der Waals surface area contributed by atoms with Crippen LogP contribution in [0.1, 0.15) is 12.8 Å². The van der Waals surface area contributed by atoms with Gasteiger partial charge in [0.2, 0.25) is 0 Å². The zero-order valence-electron chi connectivity index (χ0n) is 13.0. The van der Waals surface area contributed by atoms with E-state index in [0.29, 0.717) is 12.8 Å². The molecule has 0 unspecified atom stereocenters. The Kier molecular flexibility index (Phi) is 10.3. The van der Waals surface area contributed by atoms with Crippen LogP contribution in [0.15, 0.2) is 25.4 Å². The van der Waals surface area contributed by atoms with Crippen molar-refractivity contribution in [3.63, 3.8) is 0 Å². The molecule has 24 heavy (non-hydrogen) atoms. The first-order valence-corrected chi connectivity index (χ1v) is 14.4. The molecule has 0 amide bonds. The van der Waals surface area contributed by atoms with Crippen molar-refractivity contribution in [3.8, 4) is 12.1 Å². The van der Waals surface area contributed by atoms with E-state index >= 15 is 0 Å². The fourth-order valence-corrected chi connectivity index (χ4v) is 12.5. The van der Waals surface area contributed by atoms with Crippen LogP contribution in [0.2, 0.25) is 0 Å². The van der Waals surface area contributed by atoms with Gasteiger partial charge in [0.25, 0.3) is 0 Å². The SMILES string of the molecule is CSC1=C(SC)SC(=C2SC(SCCC#N)=C(SCCC#N)S2)S1. The third-order valence-electron chi connectivity index (χ3n) is 2.51. The summed E-state index contributed by atoms with van der Waals surface area (Å²) >= 11 is 14.6. The van der Waals surface area contributed by atoms with Crippen LogP contribution in [0.4, 0.5) is 0 Å². The van der Waals surface area contributed by atoms with Gasteiger partial charge in [0.05, 0.1) is 37.6 Å². The molecule has 0 N–H and O–H groups in total. The van der Waals surface area contributed by atoms with Gasteiger partial charge in [-0.1, -0.05) is 47.0 Å². The lowest BCUT2D eigenvalue weighted by Gasteiger charge is -2.02. The van der Waals surface area contributed by atoms with E-state index in [9.17, 15) is 0 Å². The second kappa shape index (κ2) is 11.7. The van der Waals surface area contributed by atoms with Crippen molar-refractivity contribution >= 4 is 94.1 Å². The molecule has 2 aliphatic rings. The van der Waals surface area contributed by atoms with Gasteiger partial charge in [0.15, 0.2) is 0 Å². The van der Waals surface area contributed by atoms with Crippen LogP contribution < -0.4 is 0 Å². The molecule has 0 radical (unpaired) electrons. The van der Waals surface area contributed by atoms with Gasteiger partial charge in [-0.05, 0) is 12.5 Å². The van der Waals surface area contributed by atoms with Crippen molar-refractivity contribution < 1.29 is 0 Å². The number of hydrogen-bond acceptors (Lipinski definition) is 10. The third-order valence-corrected chi connectivity index (χ3v) is 13.8. The molecular weight excluding hydrogens is 453 g/mol. The summed E-state index contributed by atoms with van der Waals surface area (Å²) < 4.78 is 8.09. The fraction of sp³-hybridized carbons (Fsp3) is 0.429. The maximum Gasteiger partial charge on any atom is 0.0717 e. The Balaban J connectivity index is 2.07. The van der Waals surface area contributed by atoms with Gasteiger partial charge < -0.3 is 0 Å². The van der Waals surface area contributed by atoms with E-state index in [1.807, 2.05) is 70.6 Å². The Morgan fingerprint density at radius 1 is 0.708 bits per heavy atom. The monoisotopic (exact) mass is 466 g/mol. The van der Waals surface area contributed by atoms with Crippen LogP contribution in [0.25, 0.3) is 0 Å². The molecule has 128 valence electrons. The minimum absolute atomic E-state index is 0.569. The van der Waals surface area contributed by atoms with Crippen LogP contribution in [0.3, 0.4) is 0 Å². The predicted octanol–water partition coefficient (Wildman–Crippen LogP) is 7.35. The summed E-state index contributed by atoms with van der Waals surface area (Å²) in [5.74, 6) is 1.66. The van der Waals surface area contributed by atoms with E-state index in [2.05, 4.69) is 24.6 Å². The molecule has 10 heteroatoms. The van der Waals surface area contributed by atoms with Gasteiger partial charge in [-0.15, -0.1) is 47.0 Å². The summed E-state index contributed by atoms with van der Waals surface area (Å²) in [5, 5.41) is 17.5. The van der Waals surface area contributed by atoms with E-state index in [1.165, 1.54) is 25.4 Å². The molecule has 2 rings (SSSR count). The molecule has 0 aromatic carbocycles. The smallest absolute Gasteiger partial charge is 0.0717 e. The summed E-state index contributed by atoms with van der Waals surface area (Å²) in [6.45, 7) is 0. The lowest BCUT2D eigenvalue weighted by atomic mass is 10.6. The zero-order chi connectivity index (χ0) is 17.4. The van der Waals surface area contributed by atoms with Crippen LogP contribution in [-0.4, -0.2) is 24.0 Å². The highest BCUT2D eigenvalue weighted by Gasteiger charge is 2.29. The molecule has 0 bridgehead atoms. The Labute approximate surface area is 177 Å². The normalized spacial score (nSPS) is 17.7. The highest BCUT2D eigenvalue weighted by Crippen LogP contribution is 2.65. The molecule has 0 aromatic rings. The molecule has 0 spiro atoms. The van der Waals surface area contributed by atoms with Crippen LogP contribution in [-0.2, 0) is 0 Å². The molecule has 0 saturated heterocycles. The second-order valence-electron chi connectivity index (χ2n) is 4.05. The molecule has 0 aromatic heterocycles. The summed E-state index contributed by atoms with van der Waals surface area (Å²) in [6.07, 6.45) is 5.40. The highest BCUT2D eigenvalue weighted by atomic mass is 32.3. The van der Waals surface area contributed by atoms with Crippen molar-refractivity contribution in [1.82, 2.24) is 0 Å². The van der Waals surface area contributed by atoms with Gasteiger partial charge in [-0.25, -0.2) is 0 Å². The molecule has 0 fully saturated rings. The fourth-order valence-electron chi connectivity index (χ4n) is 1.52. The molecule has 0 saturated carbocycles. The lowest BCUT2D eigenvalue weighted by Crippen LogP contribution is -1.79. The van der Waals surface area contributed by atoms with E-state index < -0.39 is 0 Å². The van der Waals surface area contributed by atoms with Crippen molar-refractivity contribution in [2.75, 3.05) is 24.0 Å². The molecule has 2 aliphatic heterocycles. The largest absolute Gasteiger partial charge is 0.198 e. The molecular formula is C14H14N2S8. The number of rotatable bonds is 8. The van der Waals surface area contributed by atoms with Gasteiger partial charge in [-0.2, -0.15) is 10.5 Å². The number of nitriles is 2. The second-order valence-corrected chi connectivity index (χ2v) is 13.5. The number of nitrogens with zero attached hydrogens (tertiary/aromatic N) is 2. The van der Waals surface area contributed by atoms with Gasteiger partial charge in [-0.3, -0.25) is 0 Å². The Bertz CT molecular complexity index is 601. The van der Waals surface area contributed by atoms with Crippen molar-refractivity contribution in [2.24, 2.45) is 0 Å². The third kappa shape index (κ3) is 6.02. The summed E-state index contributed by atoms with van der Waals surface area (Å²) in [4.78, 5) is 0. The Hall–Kier alpha value is 1.000. The zero-order valence-corrected chi connectivity index (χ0v) is 19.5. The summed E-state index contributed by atoms with van der Waals surface area (Å²) in [5.41, 5.74) is 0. The van der Waals surface area contributed by atoms with E-state index in [4.69, 9.17) is 10.5 Å². The summed E-state index contributed by atoms with van der Waals surface area (Å²) in [7, 11) is 0. The van der Waals surface area contributed by atoms with E-state index in [1.54, 1.807) is 23.5 Å². The van der Waals surface area contributed by atoms with E-state index in [0.717, 1.165) is 11.5 Å². The van der Waals surface area contributed by atoms with Crippen molar-refractivity contribution in [2.45, 2.75) is 12.8 Å². The maximum atomic E-state index is 8.76. The average molecular weight is 467 g/mol. The first-order chi connectivity index (χ1) is 11.7. The minimum Gasteiger partial charge on any atom is -0.198 e. The van der Waals surface area contributed by atoms with Gasteiger partial charge >= 0.3 is 0 Å². The van der Waals surface area contributed by atoms with Crippen molar-refractivity contribution in [3.05, 3.63) is 25.4 Å². The quantitative estimate of drug-likeness (QED) is 0.339. The number of thioether (sulfide) groups is 8. The number of hydrogen-bond donors (Lipinski definition) is 0. The molecule has 2 nitrogen and oxygen atoms in total. The standard InChI is InChI=1S/C14H14N2S8/c1-17-9-10(18-2)22-13(21-9)14-23-11(19-7-3-5-15)12(24-14)20-8-4-6-16/h3-4,7-8H2,1-2H3. The van der Waals surface area contributed by atoms with Gasteiger partial charge in [0.1, 0.15) is 0 Å². The predicted molar refractivity (Wildman–Crippen MR) is 124 cm³/mol. The highest BCUT2D eigenvalue weighted by molar-refractivity contribution is 8.45.